The molecule has 0 amide bonds. The molecule has 0 unspecified atom stereocenters. The van der Waals surface area contributed by atoms with Gasteiger partial charge in [0.15, 0.2) is 5.82 Å². The van der Waals surface area contributed by atoms with Gasteiger partial charge in [0.2, 0.25) is 0 Å². The highest BCUT2D eigenvalue weighted by atomic mass is 79.9. The van der Waals surface area contributed by atoms with Crippen molar-refractivity contribution in [3.05, 3.63) is 34.3 Å². The number of nitrogens with one attached hydrogen (secondary N) is 1. The summed E-state index contributed by atoms with van der Waals surface area (Å²) in [6.07, 6.45) is 2.38. The van der Waals surface area contributed by atoms with Gasteiger partial charge in [-0.05, 0) is 41.5 Å². The molecule has 0 bridgehead atoms. The van der Waals surface area contributed by atoms with Gasteiger partial charge >= 0.3 is 0 Å². The fraction of sp³-hybridized carbons (Fsp3) is 0.364. The van der Waals surface area contributed by atoms with E-state index in [2.05, 4.69) is 36.8 Å². The number of hydrogen-bond donors (Lipinski definition) is 1. The molecule has 1 N–H and O–H groups in total. The summed E-state index contributed by atoms with van der Waals surface area (Å²) >= 11 is 3.22. The van der Waals surface area contributed by atoms with E-state index in [9.17, 15) is 4.39 Å². The number of hydrogen-bond acceptors (Lipinski definition) is 4. The summed E-state index contributed by atoms with van der Waals surface area (Å²) in [5, 5.41) is 14.7. The van der Waals surface area contributed by atoms with Crippen LogP contribution in [0.25, 0.3) is 5.69 Å². The number of aromatic nitrogens is 4. The van der Waals surface area contributed by atoms with Gasteiger partial charge in [-0.25, -0.2) is 4.39 Å². The first-order valence-electron chi connectivity index (χ1n) is 5.70. The van der Waals surface area contributed by atoms with Gasteiger partial charge in [-0.2, -0.15) is 4.68 Å². The van der Waals surface area contributed by atoms with Crippen LogP contribution in [-0.2, 0) is 6.54 Å². The average molecular weight is 312 g/mol. The third-order valence-electron chi connectivity index (χ3n) is 2.80. The number of halogens is 2. The number of rotatable bonds is 4. The van der Waals surface area contributed by atoms with E-state index in [0.29, 0.717) is 28.6 Å². The molecule has 3 rings (SSSR count). The van der Waals surface area contributed by atoms with Crippen molar-refractivity contribution >= 4 is 15.9 Å². The molecule has 0 atom stereocenters. The Kier molecular flexibility index (Phi) is 3.09. The molecule has 0 radical (unpaired) electrons. The Labute approximate surface area is 112 Å². The normalized spacial score (nSPS) is 15.0. The third kappa shape index (κ3) is 2.41. The summed E-state index contributed by atoms with van der Waals surface area (Å²) in [5.74, 6) is 0.257. The van der Waals surface area contributed by atoms with E-state index in [1.54, 1.807) is 12.1 Å². The highest BCUT2D eigenvalue weighted by Crippen LogP contribution is 2.21. The smallest absolute Gasteiger partial charge is 0.170 e. The van der Waals surface area contributed by atoms with E-state index in [1.165, 1.54) is 23.6 Å². The summed E-state index contributed by atoms with van der Waals surface area (Å²) in [4.78, 5) is 0. The van der Waals surface area contributed by atoms with Crippen molar-refractivity contribution in [2.75, 3.05) is 0 Å². The van der Waals surface area contributed by atoms with Crippen molar-refractivity contribution < 1.29 is 4.39 Å². The minimum absolute atomic E-state index is 0.357. The standard InChI is InChI=1S/C11H11BrFN5/c12-7-1-4-10(9(13)5-7)18-11(15-16-17-18)6-14-8-2-3-8/h1,4-5,8,14H,2-3,6H2. The molecule has 0 saturated heterocycles. The van der Waals surface area contributed by atoms with Crippen LogP contribution in [0.5, 0.6) is 0 Å². The molecule has 1 aliphatic carbocycles. The number of benzene rings is 1. The number of nitrogens with zero attached hydrogens (tertiary/aromatic N) is 4. The summed E-state index contributed by atoms with van der Waals surface area (Å²) in [7, 11) is 0. The fourth-order valence-corrected chi connectivity index (χ4v) is 2.01. The lowest BCUT2D eigenvalue weighted by molar-refractivity contribution is 0.590. The summed E-state index contributed by atoms with van der Waals surface area (Å²) in [6.45, 7) is 0.549. The van der Waals surface area contributed by atoms with E-state index in [4.69, 9.17) is 0 Å². The fourth-order valence-electron chi connectivity index (χ4n) is 1.68. The van der Waals surface area contributed by atoms with E-state index >= 15 is 0 Å². The zero-order chi connectivity index (χ0) is 12.5. The second-order valence-electron chi connectivity index (χ2n) is 4.26. The molecule has 1 fully saturated rings. The predicted octanol–water partition coefficient (Wildman–Crippen LogP) is 1.82. The zero-order valence-corrected chi connectivity index (χ0v) is 11.1. The van der Waals surface area contributed by atoms with Gasteiger partial charge < -0.3 is 5.32 Å². The monoisotopic (exact) mass is 311 g/mol. The zero-order valence-electron chi connectivity index (χ0n) is 9.48. The molecule has 2 aromatic rings. The molecular formula is C11H11BrFN5. The van der Waals surface area contributed by atoms with E-state index < -0.39 is 0 Å². The minimum atomic E-state index is -0.357. The quantitative estimate of drug-likeness (QED) is 0.935. The highest BCUT2D eigenvalue weighted by Gasteiger charge is 2.21. The lowest BCUT2D eigenvalue weighted by Crippen LogP contribution is -2.19. The van der Waals surface area contributed by atoms with Crippen molar-refractivity contribution in [3.63, 3.8) is 0 Å². The Hall–Kier alpha value is -1.34. The van der Waals surface area contributed by atoms with Crippen LogP contribution in [0, 0.1) is 5.82 Å². The van der Waals surface area contributed by atoms with Crippen LogP contribution in [0.3, 0.4) is 0 Å². The summed E-state index contributed by atoms with van der Waals surface area (Å²) in [6, 6.07) is 5.37. The average Bonchev–Trinajstić information content (AvgIpc) is 3.06. The molecule has 1 heterocycles. The highest BCUT2D eigenvalue weighted by molar-refractivity contribution is 9.10. The SMILES string of the molecule is Fc1cc(Br)ccc1-n1nnnc1CNC1CC1. The van der Waals surface area contributed by atoms with Gasteiger partial charge in [-0.15, -0.1) is 5.10 Å². The van der Waals surface area contributed by atoms with Gasteiger partial charge in [0.25, 0.3) is 0 Å². The molecular weight excluding hydrogens is 301 g/mol. The van der Waals surface area contributed by atoms with Crippen LogP contribution in [0.2, 0.25) is 0 Å². The van der Waals surface area contributed by atoms with Crippen molar-refractivity contribution in [3.8, 4) is 5.69 Å². The van der Waals surface area contributed by atoms with Crippen molar-refractivity contribution in [1.82, 2.24) is 25.5 Å². The molecule has 7 heteroatoms. The van der Waals surface area contributed by atoms with Crippen molar-refractivity contribution in [2.24, 2.45) is 0 Å². The molecule has 0 aliphatic heterocycles. The van der Waals surface area contributed by atoms with Crippen LogP contribution < -0.4 is 5.32 Å². The van der Waals surface area contributed by atoms with E-state index in [-0.39, 0.29) is 5.82 Å². The minimum Gasteiger partial charge on any atom is -0.307 e. The maximum atomic E-state index is 13.8. The summed E-state index contributed by atoms with van der Waals surface area (Å²) < 4.78 is 16.0. The Morgan fingerprint density at radius 1 is 1.44 bits per heavy atom. The van der Waals surface area contributed by atoms with Crippen molar-refractivity contribution in [1.29, 1.82) is 0 Å². The van der Waals surface area contributed by atoms with E-state index in [1.807, 2.05) is 0 Å². The second kappa shape index (κ2) is 4.74. The van der Waals surface area contributed by atoms with Gasteiger partial charge in [0.1, 0.15) is 11.5 Å². The molecule has 94 valence electrons. The van der Waals surface area contributed by atoms with Gasteiger partial charge in [0, 0.05) is 10.5 Å². The van der Waals surface area contributed by atoms with Crippen LogP contribution >= 0.6 is 15.9 Å². The Morgan fingerprint density at radius 3 is 3.00 bits per heavy atom. The first kappa shape index (κ1) is 11.7. The molecule has 1 saturated carbocycles. The largest absolute Gasteiger partial charge is 0.307 e. The lowest BCUT2D eigenvalue weighted by Gasteiger charge is -2.06. The Balaban J connectivity index is 1.88. The molecule has 1 aromatic carbocycles. The first-order chi connectivity index (χ1) is 8.74. The second-order valence-corrected chi connectivity index (χ2v) is 5.17. The maximum absolute atomic E-state index is 13.8. The van der Waals surface area contributed by atoms with Gasteiger partial charge in [0.05, 0.1) is 6.54 Å². The topological polar surface area (TPSA) is 55.6 Å². The molecule has 1 aliphatic rings. The Bertz CT molecular complexity index is 566. The first-order valence-corrected chi connectivity index (χ1v) is 6.49. The maximum Gasteiger partial charge on any atom is 0.170 e. The molecule has 0 spiro atoms. The van der Waals surface area contributed by atoms with Crippen LogP contribution in [-0.4, -0.2) is 26.2 Å². The Morgan fingerprint density at radius 2 is 2.28 bits per heavy atom. The van der Waals surface area contributed by atoms with Crippen LogP contribution in [0.1, 0.15) is 18.7 Å². The molecule has 5 nitrogen and oxygen atoms in total. The third-order valence-corrected chi connectivity index (χ3v) is 3.29. The lowest BCUT2D eigenvalue weighted by atomic mass is 10.3. The molecule has 1 aromatic heterocycles. The van der Waals surface area contributed by atoms with Crippen LogP contribution in [0.15, 0.2) is 22.7 Å². The summed E-state index contributed by atoms with van der Waals surface area (Å²) in [5.41, 5.74) is 0.357. The number of tetrazole rings is 1. The van der Waals surface area contributed by atoms with E-state index in [0.717, 1.165) is 0 Å². The predicted molar refractivity (Wildman–Crippen MR) is 66.7 cm³/mol. The molecule has 18 heavy (non-hydrogen) atoms. The van der Waals surface area contributed by atoms with Gasteiger partial charge in [-0.3, -0.25) is 0 Å². The van der Waals surface area contributed by atoms with Gasteiger partial charge in [-0.1, -0.05) is 15.9 Å². The van der Waals surface area contributed by atoms with Crippen LogP contribution in [0.4, 0.5) is 4.39 Å². The van der Waals surface area contributed by atoms with Crippen molar-refractivity contribution in [2.45, 2.75) is 25.4 Å².